The molecule has 0 aliphatic heterocycles. The lowest BCUT2D eigenvalue weighted by Crippen LogP contribution is -2.34. The molecule has 0 fully saturated rings. The molecule has 2 aromatic heterocycles. The number of nitrogens with one attached hydrogen (secondary N) is 2. The number of amides is 2. The van der Waals surface area contributed by atoms with Crippen LogP contribution in [-0.4, -0.2) is 49.7 Å². The van der Waals surface area contributed by atoms with E-state index < -0.39 is 16.7 Å². The van der Waals surface area contributed by atoms with E-state index in [0.29, 0.717) is 5.82 Å². The lowest BCUT2D eigenvalue weighted by molar-refractivity contribution is -0.384. The minimum absolute atomic E-state index is 0.104. The molecule has 0 unspecified atom stereocenters. The Hall–Kier alpha value is -3.36. The van der Waals surface area contributed by atoms with Crippen molar-refractivity contribution in [1.29, 1.82) is 0 Å². The Labute approximate surface area is 189 Å². The zero-order chi connectivity index (χ0) is 22.5. The van der Waals surface area contributed by atoms with E-state index in [1.54, 1.807) is 4.68 Å². The van der Waals surface area contributed by atoms with Crippen molar-refractivity contribution in [3.8, 4) is 0 Å². The predicted molar refractivity (Wildman–Crippen MR) is 116 cm³/mol. The summed E-state index contributed by atoms with van der Waals surface area (Å²) < 4.78 is 7.77. The Kier molecular flexibility index (Phi) is 6.94. The molecule has 3 rings (SSSR count). The number of carbonyl (C=O) groups excluding carboxylic acids is 2. The summed E-state index contributed by atoms with van der Waals surface area (Å²) >= 11 is 2.21. The Balaban J connectivity index is 1.48. The van der Waals surface area contributed by atoms with Gasteiger partial charge in [0.1, 0.15) is 6.54 Å². The van der Waals surface area contributed by atoms with E-state index in [2.05, 4.69) is 48.5 Å². The second-order valence-electron chi connectivity index (χ2n) is 6.48. The average Bonchev–Trinajstić information content (AvgIpc) is 3.32. The van der Waals surface area contributed by atoms with Gasteiger partial charge in [0.2, 0.25) is 0 Å². The Morgan fingerprint density at radius 2 is 1.94 bits per heavy atom. The standard InChI is InChI=1S/C18H18IN7O5/c1-10-15(19)11(2)25(23-10)9-14-22-18(31-24-14)17(28)21-7-6-20-16(27)12-4-3-5-13(8-12)26(29)30/h3-5,8H,6-7,9H2,1-2H3,(H,20,27)(H,21,28). The summed E-state index contributed by atoms with van der Waals surface area (Å²) in [5.74, 6) is -0.953. The van der Waals surface area contributed by atoms with Gasteiger partial charge in [-0.15, -0.1) is 0 Å². The van der Waals surface area contributed by atoms with Crippen LogP contribution >= 0.6 is 22.6 Å². The first-order valence-corrected chi connectivity index (χ1v) is 10.2. The molecule has 0 radical (unpaired) electrons. The average molecular weight is 539 g/mol. The molecule has 1 aromatic carbocycles. The quantitative estimate of drug-likeness (QED) is 0.189. The van der Waals surface area contributed by atoms with Gasteiger partial charge in [-0.2, -0.15) is 10.1 Å². The molecule has 3 aromatic rings. The highest BCUT2D eigenvalue weighted by Crippen LogP contribution is 2.16. The largest absolute Gasteiger partial charge is 0.350 e. The zero-order valence-electron chi connectivity index (χ0n) is 16.6. The van der Waals surface area contributed by atoms with Crippen molar-refractivity contribution in [1.82, 2.24) is 30.6 Å². The highest BCUT2D eigenvalue weighted by molar-refractivity contribution is 14.1. The summed E-state index contributed by atoms with van der Waals surface area (Å²) in [5.41, 5.74) is 1.84. The van der Waals surface area contributed by atoms with E-state index in [1.165, 1.54) is 24.3 Å². The van der Waals surface area contributed by atoms with Crippen molar-refractivity contribution in [2.24, 2.45) is 0 Å². The van der Waals surface area contributed by atoms with Crippen LogP contribution in [0.5, 0.6) is 0 Å². The molecule has 0 atom stereocenters. The van der Waals surface area contributed by atoms with E-state index in [9.17, 15) is 19.7 Å². The number of carbonyl (C=O) groups is 2. The molecule has 2 amide bonds. The number of nitro benzene ring substituents is 1. The molecular weight excluding hydrogens is 521 g/mol. The Morgan fingerprint density at radius 1 is 1.23 bits per heavy atom. The number of hydrogen-bond donors (Lipinski definition) is 2. The van der Waals surface area contributed by atoms with Gasteiger partial charge in [0.15, 0.2) is 5.82 Å². The third-order valence-electron chi connectivity index (χ3n) is 4.26. The fourth-order valence-corrected chi connectivity index (χ4v) is 3.05. The van der Waals surface area contributed by atoms with Crippen LogP contribution in [0.3, 0.4) is 0 Å². The zero-order valence-corrected chi connectivity index (χ0v) is 18.7. The van der Waals surface area contributed by atoms with Crippen molar-refractivity contribution in [2.75, 3.05) is 13.1 Å². The summed E-state index contributed by atoms with van der Waals surface area (Å²) in [6.45, 7) is 4.31. The number of non-ortho nitro benzene ring substituents is 1. The summed E-state index contributed by atoms with van der Waals surface area (Å²) in [7, 11) is 0. The first-order chi connectivity index (χ1) is 14.8. The van der Waals surface area contributed by atoms with Crippen molar-refractivity contribution in [2.45, 2.75) is 20.4 Å². The third-order valence-corrected chi connectivity index (χ3v) is 5.82. The molecular formula is C18H18IN7O5. The number of halogens is 1. The maximum absolute atomic E-state index is 12.2. The predicted octanol–water partition coefficient (Wildman–Crippen LogP) is 1.60. The van der Waals surface area contributed by atoms with Crippen LogP contribution in [0.15, 0.2) is 28.8 Å². The second-order valence-corrected chi connectivity index (χ2v) is 7.56. The van der Waals surface area contributed by atoms with Crippen LogP contribution in [0.25, 0.3) is 0 Å². The van der Waals surface area contributed by atoms with E-state index in [-0.39, 0.29) is 36.8 Å². The van der Waals surface area contributed by atoms with Crippen LogP contribution < -0.4 is 10.6 Å². The molecule has 0 saturated heterocycles. The maximum atomic E-state index is 12.2. The van der Waals surface area contributed by atoms with Crippen LogP contribution in [-0.2, 0) is 6.54 Å². The SMILES string of the molecule is Cc1nn(Cc2noc(C(=O)NCCNC(=O)c3cccc([N+](=O)[O-])c3)n2)c(C)c1I. The first-order valence-electron chi connectivity index (χ1n) is 9.09. The van der Waals surface area contributed by atoms with Crippen LogP contribution in [0.1, 0.15) is 38.3 Å². The van der Waals surface area contributed by atoms with Crippen molar-refractivity contribution < 1.29 is 19.0 Å². The number of aromatic nitrogens is 4. The number of nitrogens with zero attached hydrogens (tertiary/aromatic N) is 5. The number of hydrogen-bond acceptors (Lipinski definition) is 8. The molecule has 0 aliphatic rings. The van der Waals surface area contributed by atoms with Gasteiger partial charge in [-0.25, -0.2) is 0 Å². The molecule has 0 saturated carbocycles. The summed E-state index contributed by atoms with van der Waals surface area (Å²) in [6.07, 6.45) is 0. The minimum atomic E-state index is -0.578. The normalized spacial score (nSPS) is 10.7. The maximum Gasteiger partial charge on any atom is 0.316 e. The lowest BCUT2D eigenvalue weighted by atomic mass is 10.2. The van der Waals surface area contributed by atoms with Gasteiger partial charge in [0.25, 0.3) is 11.6 Å². The molecule has 2 heterocycles. The topological polar surface area (TPSA) is 158 Å². The fraction of sp³-hybridized carbons (Fsp3) is 0.278. The fourth-order valence-electron chi connectivity index (χ4n) is 2.66. The molecule has 13 heteroatoms. The van der Waals surface area contributed by atoms with Gasteiger partial charge in [0.05, 0.1) is 14.2 Å². The van der Waals surface area contributed by atoms with Crippen molar-refractivity contribution >= 4 is 40.1 Å². The van der Waals surface area contributed by atoms with Gasteiger partial charge < -0.3 is 15.2 Å². The van der Waals surface area contributed by atoms with E-state index in [0.717, 1.165) is 15.0 Å². The monoisotopic (exact) mass is 539 g/mol. The van der Waals surface area contributed by atoms with Crippen molar-refractivity contribution in [3.63, 3.8) is 0 Å². The molecule has 12 nitrogen and oxygen atoms in total. The lowest BCUT2D eigenvalue weighted by Gasteiger charge is -2.05. The molecule has 31 heavy (non-hydrogen) atoms. The molecule has 0 spiro atoms. The van der Waals surface area contributed by atoms with E-state index in [4.69, 9.17) is 4.52 Å². The smallest absolute Gasteiger partial charge is 0.316 e. The Bertz CT molecular complexity index is 1140. The minimum Gasteiger partial charge on any atom is -0.350 e. The van der Waals surface area contributed by atoms with E-state index >= 15 is 0 Å². The van der Waals surface area contributed by atoms with Gasteiger partial charge in [-0.05, 0) is 42.5 Å². The van der Waals surface area contributed by atoms with Gasteiger partial charge in [-0.3, -0.25) is 24.4 Å². The van der Waals surface area contributed by atoms with Gasteiger partial charge in [0, 0.05) is 36.5 Å². The Morgan fingerprint density at radius 3 is 2.58 bits per heavy atom. The van der Waals surface area contributed by atoms with Gasteiger partial charge in [-0.1, -0.05) is 11.2 Å². The summed E-state index contributed by atoms with van der Waals surface area (Å²) in [6, 6.07) is 5.36. The molecule has 0 aliphatic carbocycles. The second kappa shape index (κ2) is 9.63. The van der Waals surface area contributed by atoms with Gasteiger partial charge >= 0.3 is 11.8 Å². The van der Waals surface area contributed by atoms with E-state index in [1.807, 2.05) is 13.8 Å². The number of rotatable bonds is 8. The van der Waals surface area contributed by atoms with Crippen LogP contribution in [0.4, 0.5) is 5.69 Å². The molecule has 2 N–H and O–H groups in total. The summed E-state index contributed by atoms with van der Waals surface area (Å²) in [5, 5.41) is 24.1. The highest BCUT2D eigenvalue weighted by atomic mass is 127. The number of benzene rings is 1. The highest BCUT2D eigenvalue weighted by Gasteiger charge is 2.17. The number of aryl methyl sites for hydroxylation is 1. The number of nitro groups is 1. The first kappa shape index (κ1) is 22.3. The van der Waals surface area contributed by atoms with Crippen LogP contribution in [0.2, 0.25) is 0 Å². The molecule has 162 valence electrons. The van der Waals surface area contributed by atoms with Crippen molar-refractivity contribution in [3.05, 3.63) is 66.6 Å². The third kappa shape index (κ3) is 5.42. The molecule has 0 bridgehead atoms. The summed E-state index contributed by atoms with van der Waals surface area (Å²) in [4.78, 5) is 38.5. The van der Waals surface area contributed by atoms with Crippen LogP contribution in [0, 0.1) is 27.5 Å².